The van der Waals surface area contributed by atoms with Crippen molar-refractivity contribution in [2.24, 2.45) is 0 Å². The number of aliphatic hydroxyl groups excluding tert-OH is 2. The van der Waals surface area contributed by atoms with Crippen LogP contribution in [0, 0.1) is 11.3 Å². The molecule has 8 heavy (non-hydrogen) atoms. The first-order valence-electron chi connectivity index (χ1n) is 2.12. The smallest absolute Gasteiger partial charge is 0.195 e. The Hall–Kier alpha value is -1.01. The number of nitriles is 1. The zero-order chi connectivity index (χ0) is 6.57. The Labute approximate surface area is 47.5 Å². The fourth-order valence-electron chi connectivity index (χ4n) is 0.170. The Morgan fingerprint density at radius 3 is 2.38 bits per heavy atom. The number of allylic oxidation sites excluding steroid dienone is 1. The van der Waals surface area contributed by atoms with Crippen LogP contribution in [0.3, 0.4) is 0 Å². The van der Waals surface area contributed by atoms with Crippen molar-refractivity contribution in [3.05, 3.63) is 11.3 Å². The van der Waals surface area contributed by atoms with Crippen LogP contribution < -0.4 is 0 Å². The van der Waals surface area contributed by atoms with Gasteiger partial charge in [0.1, 0.15) is 6.07 Å². The van der Waals surface area contributed by atoms with Gasteiger partial charge < -0.3 is 10.2 Å². The van der Waals surface area contributed by atoms with E-state index in [1.807, 2.05) is 0 Å². The lowest BCUT2D eigenvalue weighted by Gasteiger charge is -1.90. The van der Waals surface area contributed by atoms with Gasteiger partial charge in [0.2, 0.25) is 0 Å². The van der Waals surface area contributed by atoms with E-state index < -0.39 is 5.76 Å². The van der Waals surface area contributed by atoms with Crippen molar-refractivity contribution in [3.8, 4) is 6.07 Å². The Bertz CT molecular complexity index is 143. The molecule has 0 aliphatic rings. The fourth-order valence-corrected chi connectivity index (χ4v) is 0.170. The molecule has 0 aliphatic heterocycles. The molecule has 2 N–H and O–H groups in total. The lowest BCUT2D eigenvalue weighted by molar-refractivity contribution is 0.319. The van der Waals surface area contributed by atoms with Gasteiger partial charge in [-0.25, -0.2) is 0 Å². The Kier molecular flexibility index (Phi) is 2.67. The molecular weight excluding hydrogens is 106 g/mol. The van der Waals surface area contributed by atoms with E-state index in [4.69, 9.17) is 15.5 Å². The zero-order valence-electron chi connectivity index (χ0n) is 4.55. The number of hydrogen-bond donors (Lipinski definition) is 2. The van der Waals surface area contributed by atoms with E-state index in [0.717, 1.165) is 0 Å². The summed E-state index contributed by atoms with van der Waals surface area (Å²) in [7, 11) is 0. The second kappa shape index (κ2) is 3.05. The third-order valence-electron chi connectivity index (χ3n) is 0.747. The van der Waals surface area contributed by atoms with Crippen LogP contribution in [0.15, 0.2) is 11.3 Å². The highest BCUT2D eigenvalue weighted by atomic mass is 16.3. The van der Waals surface area contributed by atoms with Crippen molar-refractivity contribution in [3.63, 3.8) is 0 Å². The molecule has 3 heteroatoms. The standard InChI is InChI=1S/C5H7NO2/c1-4(3-7)5(8)2-6/h7-8H,3H2,1H3. The topological polar surface area (TPSA) is 64.2 Å². The first-order valence-corrected chi connectivity index (χ1v) is 2.12. The minimum absolute atomic E-state index is 0.264. The molecule has 0 spiro atoms. The quantitative estimate of drug-likeness (QED) is 0.292. The molecule has 0 radical (unpaired) electrons. The second-order valence-corrected chi connectivity index (χ2v) is 1.40. The zero-order valence-corrected chi connectivity index (χ0v) is 4.55. The molecule has 0 rings (SSSR count). The molecule has 0 atom stereocenters. The predicted octanol–water partition coefficient (Wildman–Crippen LogP) is 0.334. The van der Waals surface area contributed by atoms with E-state index >= 15 is 0 Å². The molecule has 44 valence electrons. The van der Waals surface area contributed by atoms with E-state index in [-0.39, 0.29) is 6.61 Å². The highest BCUT2D eigenvalue weighted by Crippen LogP contribution is 1.95. The highest BCUT2D eigenvalue weighted by molar-refractivity contribution is 5.18. The van der Waals surface area contributed by atoms with Gasteiger partial charge in [-0.1, -0.05) is 0 Å². The molecule has 0 aromatic rings. The largest absolute Gasteiger partial charge is 0.499 e. The average Bonchev–Trinajstić information content (AvgIpc) is 1.84. The summed E-state index contributed by atoms with van der Waals surface area (Å²) in [6.07, 6.45) is 0. The molecule has 0 fully saturated rings. The minimum atomic E-state index is -0.396. The van der Waals surface area contributed by atoms with Gasteiger partial charge in [-0.2, -0.15) is 5.26 Å². The molecule has 0 saturated heterocycles. The van der Waals surface area contributed by atoms with Crippen molar-refractivity contribution in [1.82, 2.24) is 0 Å². The molecule has 0 aromatic heterocycles. The van der Waals surface area contributed by atoms with Crippen molar-refractivity contribution in [2.75, 3.05) is 6.61 Å². The van der Waals surface area contributed by atoms with Crippen LogP contribution >= 0.6 is 0 Å². The van der Waals surface area contributed by atoms with E-state index in [0.29, 0.717) is 5.57 Å². The van der Waals surface area contributed by atoms with Crippen LogP contribution in [0.2, 0.25) is 0 Å². The van der Waals surface area contributed by atoms with E-state index in [2.05, 4.69) is 0 Å². The van der Waals surface area contributed by atoms with Gasteiger partial charge in [0.15, 0.2) is 5.76 Å². The number of aliphatic hydroxyl groups is 2. The lowest BCUT2D eigenvalue weighted by atomic mass is 10.3. The van der Waals surface area contributed by atoms with Crippen LogP contribution in [0.4, 0.5) is 0 Å². The lowest BCUT2D eigenvalue weighted by Crippen LogP contribution is -1.88. The summed E-state index contributed by atoms with van der Waals surface area (Å²) in [4.78, 5) is 0. The van der Waals surface area contributed by atoms with Crippen LogP contribution in [0.1, 0.15) is 6.92 Å². The molecular formula is C5H7NO2. The number of nitrogens with zero attached hydrogens (tertiary/aromatic N) is 1. The Balaban J connectivity index is 4.10. The molecule has 3 nitrogen and oxygen atoms in total. The van der Waals surface area contributed by atoms with Gasteiger partial charge in [0, 0.05) is 5.57 Å². The van der Waals surface area contributed by atoms with Crippen LogP contribution in [-0.4, -0.2) is 16.8 Å². The highest BCUT2D eigenvalue weighted by Gasteiger charge is 1.93. The molecule has 0 saturated carbocycles. The first kappa shape index (κ1) is 6.99. The monoisotopic (exact) mass is 113 g/mol. The van der Waals surface area contributed by atoms with Crippen LogP contribution in [0.25, 0.3) is 0 Å². The maximum absolute atomic E-state index is 8.48. The number of hydrogen-bond acceptors (Lipinski definition) is 3. The maximum Gasteiger partial charge on any atom is 0.195 e. The fraction of sp³-hybridized carbons (Fsp3) is 0.400. The molecule has 0 aliphatic carbocycles. The van der Waals surface area contributed by atoms with Crippen LogP contribution in [0.5, 0.6) is 0 Å². The van der Waals surface area contributed by atoms with Crippen molar-refractivity contribution < 1.29 is 10.2 Å². The van der Waals surface area contributed by atoms with Crippen molar-refractivity contribution >= 4 is 0 Å². The summed E-state index contributed by atoms with van der Waals surface area (Å²) in [6, 6.07) is 1.49. The van der Waals surface area contributed by atoms with Gasteiger partial charge in [-0.3, -0.25) is 0 Å². The average molecular weight is 113 g/mol. The molecule has 0 amide bonds. The molecule has 0 bridgehead atoms. The summed E-state index contributed by atoms with van der Waals surface area (Å²) in [5.74, 6) is -0.396. The summed E-state index contributed by atoms with van der Waals surface area (Å²) < 4.78 is 0. The maximum atomic E-state index is 8.48. The summed E-state index contributed by atoms with van der Waals surface area (Å²) in [6.45, 7) is 1.22. The van der Waals surface area contributed by atoms with E-state index in [1.165, 1.54) is 13.0 Å². The molecule has 0 unspecified atom stereocenters. The normalized spacial score (nSPS) is 12.1. The molecule has 0 aromatic carbocycles. The van der Waals surface area contributed by atoms with Gasteiger partial charge in [-0.05, 0) is 6.92 Å². The summed E-state index contributed by atoms with van der Waals surface area (Å²) in [5.41, 5.74) is 0.299. The van der Waals surface area contributed by atoms with E-state index in [1.54, 1.807) is 0 Å². The SMILES string of the molecule is CC(CO)=C(O)C#N. The summed E-state index contributed by atoms with van der Waals surface area (Å²) in [5, 5.41) is 24.7. The molecule has 0 heterocycles. The minimum Gasteiger partial charge on any atom is -0.499 e. The van der Waals surface area contributed by atoms with E-state index in [9.17, 15) is 0 Å². The number of rotatable bonds is 1. The predicted molar refractivity (Wildman–Crippen MR) is 28.0 cm³/mol. The summed E-state index contributed by atoms with van der Waals surface area (Å²) >= 11 is 0. The third kappa shape index (κ3) is 1.63. The first-order chi connectivity index (χ1) is 3.72. The van der Waals surface area contributed by atoms with Gasteiger partial charge in [-0.15, -0.1) is 0 Å². The van der Waals surface area contributed by atoms with Gasteiger partial charge >= 0.3 is 0 Å². The van der Waals surface area contributed by atoms with Gasteiger partial charge in [0.25, 0.3) is 0 Å². The second-order valence-electron chi connectivity index (χ2n) is 1.40. The van der Waals surface area contributed by atoms with Crippen LogP contribution in [-0.2, 0) is 0 Å². The van der Waals surface area contributed by atoms with Gasteiger partial charge in [0.05, 0.1) is 6.61 Å². The third-order valence-corrected chi connectivity index (χ3v) is 0.747. The van der Waals surface area contributed by atoms with Crippen molar-refractivity contribution in [2.45, 2.75) is 6.92 Å². The Morgan fingerprint density at radius 2 is 2.25 bits per heavy atom. The Morgan fingerprint density at radius 1 is 1.75 bits per heavy atom. The van der Waals surface area contributed by atoms with Crippen molar-refractivity contribution in [1.29, 1.82) is 5.26 Å².